The van der Waals surface area contributed by atoms with Crippen LogP contribution in [0.15, 0.2) is 35.6 Å². The van der Waals surface area contributed by atoms with E-state index in [-0.39, 0.29) is 0 Å². The van der Waals surface area contributed by atoms with Crippen molar-refractivity contribution < 1.29 is 0 Å². The molecule has 0 amide bonds. The molecule has 0 aliphatic carbocycles. The third-order valence-electron chi connectivity index (χ3n) is 2.13. The van der Waals surface area contributed by atoms with E-state index in [1.54, 1.807) is 12.4 Å². The number of allylic oxidation sites excluding steroid dienone is 1. The highest BCUT2D eigenvalue weighted by atomic mass is 14.8. The second-order valence-corrected chi connectivity index (χ2v) is 3.21. The quantitative estimate of drug-likeness (QED) is 0.639. The summed E-state index contributed by atoms with van der Waals surface area (Å²) in [4.78, 5) is 8.49. The van der Waals surface area contributed by atoms with Crippen molar-refractivity contribution in [1.29, 1.82) is 0 Å². The van der Waals surface area contributed by atoms with Gasteiger partial charge < -0.3 is 0 Å². The van der Waals surface area contributed by atoms with E-state index in [0.29, 0.717) is 0 Å². The molecule has 2 heterocycles. The predicted octanol–water partition coefficient (Wildman–Crippen LogP) is 2.68. The van der Waals surface area contributed by atoms with Crippen LogP contribution in [0.3, 0.4) is 0 Å². The molecule has 0 saturated heterocycles. The SMILES string of the molecule is CC1=NC(c2ccncc2)=CCC1. The molecule has 0 atom stereocenters. The molecule has 1 aliphatic heterocycles. The van der Waals surface area contributed by atoms with Crippen molar-refractivity contribution in [3.63, 3.8) is 0 Å². The summed E-state index contributed by atoms with van der Waals surface area (Å²) in [5.74, 6) is 0. The van der Waals surface area contributed by atoms with E-state index in [1.165, 1.54) is 5.71 Å². The van der Waals surface area contributed by atoms with Crippen LogP contribution in [-0.4, -0.2) is 10.7 Å². The minimum Gasteiger partial charge on any atom is -0.265 e. The number of hydrogen-bond acceptors (Lipinski definition) is 2. The second-order valence-electron chi connectivity index (χ2n) is 3.21. The lowest BCUT2D eigenvalue weighted by atomic mass is 10.1. The Labute approximate surface area is 78.0 Å². The van der Waals surface area contributed by atoms with Crippen molar-refractivity contribution in [2.24, 2.45) is 4.99 Å². The van der Waals surface area contributed by atoms with Crippen LogP contribution in [0, 0.1) is 0 Å². The van der Waals surface area contributed by atoms with E-state index in [4.69, 9.17) is 0 Å². The summed E-state index contributed by atoms with van der Waals surface area (Å²) in [6.07, 6.45) is 7.98. The molecule has 0 bridgehead atoms. The minimum atomic E-state index is 1.09. The highest BCUT2D eigenvalue weighted by Crippen LogP contribution is 2.20. The molecule has 0 aromatic carbocycles. The number of pyridine rings is 1. The first-order valence-electron chi connectivity index (χ1n) is 4.51. The Morgan fingerprint density at radius 3 is 2.69 bits per heavy atom. The summed E-state index contributed by atoms with van der Waals surface area (Å²) >= 11 is 0. The fraction of sp³-hybridized carbons (Fsp3) is 0.273. The van der Waals surface area contributed by atoms with Crippen LogP contribution in [0.1, 0.15) is 25.3 Å². The Balaban J connectivity index is 2.33. The van der Waals surface area contributed by atoms with Gasteiger partial charge in [0.2, 0.25) is 0 Å². The lowest BCUT2D eigenvalue weighted by Crippen LogP contribution is -1.97. The van der Waals surface area contributed by atoms with Crippen LogP contribution in [0.2, 0.25) is 0 Å². The van der Waals surface area contributed by atoms with Gasteiger partial charge in [-0.25, -0.2) is 0 Å². The molecule has 1 aromatic heterocycles. The van der Waals surface area contributed by atoms with E-state index in [1.807, 2.05) is 12.1 Å². The molecule has 2 nitrogen and oxygen atoms in total. The fourth-order valence-electron chi connectivity index (χ4n) is 1.43. The molecule has 66 valence electrons. The van der Waals surface area contributed by atoms with Crippen molar-refractivity contribution >= 4 is 11.4 Å². The Hall–Kier alpha value is -1.44. The van der Waals surface area contributed by atoms with Crippen LogP contribution in [0.5, 0.6) is 0 Å². The van der Waals surface area contributed by atoms with Gasteiger partial charge in [0.05, 0.1) is 5.70 Å². The maximum Gasteiger partial charge on any atom is 0.0662 e. The molecule has 13 heavy (non-hydrogen) atoms. The lowest BCUT2D eigenvalue weighted by Gasteiger charge is -2.09. The summed E-state index contributed by atoms with van der Waals surface area (Å²) in [5.41, 5.74) is 3.47. The van der Waals surface area contributed by atoms with Gasteiger partial charge in [0, 0.05) is 23.7 Å². The number of rotatable bonds is 1. The highest BCUT2D eigenvalue weighted by Gasteiger charge is 2.04. The van der Waals surface area contributed by atoms with E-state index >= 15 is 0 Å². The fourth-order valence-corrected chi connectivity index (χ4v) is 1.43. The molecule has 0 unspecified atom stereocenters. The third kappa shape index (κ3) is 1.83. The van der Waals surface area contributed by atoms with Gasteiger partial charge in [0.25, 0.3) is 0 Å². The number of aromatic nitrogens is 1. The van der Waals surface area contributed by atoms with Crippen molar-refractivity contribution in [3.05, 3.63) is 36.2 Å². The van der Waals surface area contributed by atoms with Crippen LogP contribution in [-0.2, 0) is 0 Å². The topological polar surface area (TPSA) is 25.2 Å². The average Bonchev–Trinajstić information content (AvgIpc) is 2.19. The standard InChI is InChI=1S/C11H12N2/c1-9-3-2-4-11(13-9)10-5-7-12-8-6-10/h4-8H,2-3H2,1H3. The monoisotopic (exact) mass is 172 g/mol. The van der Waals surface area contributed by atoms with E-state index in [0.717, 1.165) is 24.1 Å². The summed E-state index contributed by atoms with van der Waals surface area (Å²) < 4.78 is 0. The zero-order valence-electron chi connectivity index (χ0n) is 7.70. The Morgan fingerprint density at radius 1 is 1.23 bits per heavy atom. The first kappa shape index (κ1) is 8.17. The molecular weight excluding hydrogens is 160 g/mol. The van der Waals surface area contributed by atoms with Gasteiger partial charge in [0.1, 0.15) is 0 Å². The van der Waals surface area contributed by atoms with Crippen LogP contribution >= 0.6 is 0 Å². The predicted molar refractivity (Wildman–Crippen MR) is 54.6 cm³/mol. The third-order valence-corrected chi connectivity index (χ3v) is 2.13. The molecule has 0 fully saturated rings. The second kappa shape index (κ2) is 3.52. The number of hydrogen-bond donors (Lipinski definition) is 0. The molecule has 2 rings (SSSR count). The van der Waals surface area contributed by atoms with Crippen molar-refractivity contribution in [2.75, 3.05) is 0 Å². The van der Waals surface area contributed by atoms with Crippen LogP contribution in [0.4, 0.5) is 0 Å². The number of aliphatic imine (C=N–C) groups is 1. The summed E-state index contributed by atoms with van der Waals surface area (Å²) in [5, 5.41) is 0. The Kier molecular flexibility index (Phi) is 2.21. The molecule has 1 aromatic rings. The molecule has 0 N–H and O–H groups in total. The number of nitrogens with zero attached hydrogens (tertiary/aromatic N) is 2. The molecule has 1 aliphatic rings. The van der Waals surface area contributed by atoms with E-state index in [9.17, 15) is 0 Å². The van der Waals surface area contributed by atoms with Crippen LogP contribution in [0.25, 0.3) is 5.70 Å². The Bertz CT molecular complexity index is 350. The van der Waals surface area contributed by atoms with Crippen molar-refractivity contribution in [3.8, 4) is 0 Å². The van der Waals surface area contributed by atoms with Crippen LogP contribution < -0.4 is 0 Å². The zero-order chi connectivity index (χ0) is 9.10. The first-order valence-corrected chi connectivity index (χ1v) is 4.51. The minimum absolute atomic E-state index is 1.09. The molecule has 0 spiro atoms. The summed E-state index contributed by atoms with van der Waals surface area (Å²) in [6.45, 7) is 2.08. The van der Waals surface area contributed by atoms with E-state index in [2.05, 4.69) is 23.0 Å². The van der Waals surface area contributed by atoms with E-state index < -0.39 is 0 Å². The van der Waals surface area contributed by atoms with Gasteiger partial charge in [0.15, 0.2) is 0 Å². The smallest absolute Gasteiger partial charge is 0.0662 e. The maximum atomic E-state index is 4.50. The lowest BCUT2D eigenvalue weighted by molar-refractivity contribution is 1.06. The van der Waals surface area contributed by atoms with Gasteiger partial charge in [-0.1, -0.05) is 6.08 Å². The van der Waals surface area contributed by atoms with Crippen molar-refractivity contribution in [1.82, 2.24) is 4.98 Å². The maximum absolute atomic E-state index is 4.50. The molecule has 0 radical (unpaired) electrons. The Morgan fingerprint density at radius 2 is 2.00 bits per heavy atom. The van der Waals surface area contributed by atoms with Gasteiger partial charge >= 0.3 is 0 Å². The highest BCUT2D eigenvalue weighted by molar-refractivity contribution is 5.89. The molecule has 0 saturated carbocycles. The van der Waals surface area contributed by atoms with Gasteiger partial charge in [-0.05, 0) is 31.9 Å². The van der Waals surface area contributed by atoms with Gasteiger partial charge in [-0.15, -0.1) is 0 Å². The normalized spacial score (nSPS) is 16.4. The van der Waals surface area contributed by atoms with Gasteiger partial charge in [-0.2, -0.15) is 0 Å². The zero-order valence-corrected chi connectivity index (χ0v) is 7.70. The first-order chi connectivity index (χ1) is 6.36. The summed E-state index contributed by atoms with van der Waals surface area (Å²) in [7, 11) is 0. The molecule has 2 heteroatoms. The van der Waals surface area contributed by atoms with Crippen molar-refractivity contribution in [2.45, 2.75) is 19.8 Å². The average molecular weight is 172 g/mol. The summed E-state index contributed by atoms with van der Waals surface area (Å²) in [6, 6.07) is 3.99. The van der Waals surface area contributed by atoms with Gasteiger partial charge in [-0.3, -0.25) is 9.98 Å². The molecular formula is C11H12N2. The largest absolute Gasteiger partial charge is 0.265 e.